The molecule has 3 rings (SSSR count). The molecule has 0 saturated carbocycles. The van der Waals surface area contributed by atoms with Gasteiger partial charge in [0.1, 0.15) is 17.0 Å². The molecule has 0 atom stereocenters. The lowest BCUT2D eigenvalue weighted by Crippen LogP contribution is -2.15. The Balaban J connectivity index is 2.20. The number of hydrogen-bond acceptors (Lipinski definition) is 5. The van der Waals surface area contributed by atoms with Crippen LogP contribution in [0.25, 0.3) is 16.9 Å². The zero-order valence-corrected chi connectivity index (χ0v) is 14.2. The van der Waals surface area contributed by atoms with Crippen molar-refractivity contribution in [2.45, 2.75) is 11.8 Å². The third-order valence-electron chi connectivity index (χ3n) is 3.83. The number of aryl methyl sites for hydroxylation is 1. The molecule has 0 unspecified atom stereocenters. The Bertz CT molecular complexity index is 1220. The van der Waals surface area contributed by atoms with E-state index < -0.39 is 26.5 Å². The fourth-order valence-electron chi connectivity index (χ4n) is 2.51. The van der Waals surface area contributed by atoms with Crippen molar-refractivity contribution in [3.63, 3.8) is 0 Å². The number of sulfonamides is 1. The first kappa shape index (κ1) is 17.6. The van der Waals surface area contributed by atoms with E-state index in [9.17, 15) is 17.6 Å². The number of hydrogen-bond donors (Lipinski definition) is 1. The average molecular weight is 373 g/mol. The molecule has 0 aliphatic rings. The van der Waals surface area contributed by atoms with Gasteiger partial charge in [0, 0.05) is 5.56 Å². The van der Waals surface area contributed by atoms with Crippen LogP contribution in [0.2, 0.25) is 0 Å². The maximum atomic E-state index is 14.1. The molecular weight excluding hydrogens is 361 g/mol. The summed E-state index contributed by atoms with van der Waals surface area (Å²) in [4.78, 5) is 11.5. The van der Waals surface area contributed by atoms with E-state index in [1.165, 1.54) is 12.1 Å². The minimum atomic E-state index is -4.21. The Labute approximate surface area is 147 Å². The van der Waals surface area contributed by atoms with Crippen molar-refractivity contribution in [1.29, 1.82) is 5.26 Å². The number of halogens is 1. The zero-order chi connectivity index (χ0) is 19.1. The van der Waals surface area contributed by atoms with Gasteiger partial charge in [-0.25, -0.2) is 27.3 Å². The molecule has 1 heterocycles. The van der Waals surface area contributed by atoms with Crippen LogP contribution < -0.4 is 10.9 Å². The first-order chi connectivity index (χ1) is 12.2. The Hall–Kier alpha value is -3.22. The Morgan fingerprint density at radius 2 is 1.96 bits per heavy atom. The van der Waals surface area contributed by atoms with Gasteiger partial charge in [-0.2, -0.15) is 5.26 Å². The van der Waals surface area contributed by atoms with Crippen LogP contribution in [0, 0.1) is 24.1 Å². The Morgan fingerprint density at radius 1 is 1.23 bits per heavy atom. The van der Waals surface area contributed by atoms with Gasteiger partial charge < -0.3 is 4.42 Å². The van der Waals surface area contributed by atoms with Crippen molar-refractivity contribution in [2.24, 2.45) is 5.14 Å². The van der Waals surface area contributed by atoms with E-state index in [1.807, 2.05) is 6.07 Å². The second-order valence-electron chi connectivity index (χ2n) is 5.52. The van der Waals surface area contributed by atoms with Gasteiger partial charge in [0.25, 0.3) is 0 Å². The topological polar surface area (TPSA) is 119 Å². The average Bonchev–Trinajstić information content (AvgIpc) is 2.96. The lowest BCUT2D eigenvalue weighted by molar-refractivity contribution is 0.504. The molecule has 0 radical (unpaired) electrons. The van der Waals surface area contributed by atoms with Gasteiger partial charge in [0.15, 0.2) is 0 Å². The monoisotopic (exact) mass is 373 g/mol. The fourth-order valence-corrected chi connectivity index (χ4v) is 3.10. The molecule has 1 aromatic heterocycles. The highest BCUT2D eigenvalue weighted by Gasteiger charge is 2.18. The second kappa shape index (κ2) is 6.25. The van der Waals surface area contributed by atoms with E-state index in [0.717, 1.165) is 28.5 Å². The first-order valence-electron chi connectivity index (χ1n) is 7.27. The highest BCUT2D eigenvalue weighted by Crippen LogP contribution is 2.26. The van der Waals surface area contributed by atoms with Crippen LogP contribution in [0.15, 0.2) is 56.8 Å². The summed E-state index contributed by atoms with van der Waals surface area (Å²) in [6.07, 6.45) is 1.12. The second-order valence-corrected chi connectivity index (χ2v) is 7.05. The van der Waals surface area contributed by atoms with E-state index in [1.54, 1.807) is 19.1 Å². The van der Waals surface area contributed by atoms with E-state index >= 15 is 0 Å². The standard InChI is InChI=1S/C17H12FN3O4S/c1-10-2-4-13(6-12(10)8-19)21-15(9-25-17(21)22)11-3-5-16(14(18)7-11)26(20,23)24/h2-7,9H,1H3,(H2,20,23,24). The van der Waals surface area contributed by atoms with Crippen molar-refractivity contribution in [1.82, 2.24) is 4.57 Å². The molecule has 2 aromatic carbocycles. The Kier molecular flexibility index (Phi) is 4.23. The molecule has 7 nitrogen and oxygen atoms in total. The van der Waals surface area contributed by atoms with Crippen molar-refractivity contribution in [3.8, 4) is 23.0 Å². The summed E-state index contributed by atoms with van der Waals surface area (Å²) >= 11 is 0. The van der Waals surface area contributed by atoms with E-state index in [4.69, 9.17) is 14.8 Å². The molecule has 26 heavy (non-hydrogen) atoms. The van der Waals surface area contributed by atoms with Gasteiger partial charge >= 0.3 is 5.76 Å². The minimum absolute atomic E-state index is 0.197. The molecule has 0 saturated heterocycles. The van der Waals surface area contributed by atoms with Crippen LogP contribution in [-0.4, -0.2) is 13.0 Å². The summed E-state index contributed by atoms with van der Waals surface area (Å²) in [6.45, 7) is 1.75. The molecule has 0 amide bonds. The van der Waals surface area contributed by atoms with Gasteiger partial charge in [-0.05, 0) is 36.8 Å². The lowest BCUT2D eigenvalue weighted by Gasteiger charge is -2.09. The fraction of sp³-hybridized carbons (Fsp3) is 0.0588. The van der Waals surface area contributed by atoms with Crippen molar-refractivity contribution in [3.05, 3.63) is 70.2 Å². The third-order valence-corrected chi connectivity index (χ3v) is 4.77. The smallest absolute Gasteiger partial charge is 0.415 e. The third kappa shape index (κ3) is 3.03. The summed E-state index contributed by atoms with van der Waals surface area (Å²) in [5.74, 6) is -1.78. The maximum absolute atomic E-state index is 14.1. The van der Waals surface area contributed by atoms with Gasteiger partial charge in [0.05, 0.1) is 23.0 Å². The lowest BCUT2D eigenvalue weighted by atomic mass is 10.1. The van der Waals surface area contributed by atoms with Crippen molar-refractivity contribution >= 4 is 10.0 Å². The van der Waals surface area contributed by atoms with Crippen LogP contribution in [0.5, 0.6) is 0 Å². The maximum Gasteiger partial charge on any atom is 0.424 e. The highest BCUT2D eigenvalue weighted by atomic mass is 32.2. The molecule has 3 aromatic rings. The number of nitriles is 1. The summed E-state index contributed by atoms with van der Waals surface area (Å²) < 4.78 is 42.8. The summed E-state index contributed by atoms with van der Waals surface area (Å²) in [5, 5.41) is 14.1. The molecule has 0 spiro atoms. The van der Waals surface area contributed by atoms with Crippen LogP contribution >= 0.6 is 0 Å². The van der Waals surface area contributed by atoms with Crippen molar-refractivity contribution in [2.75, 3.05) is 0 Å². The molecule has 132 valence electrons. The summed E-state index contributed by atoms with van der Waals surface area (Å²) in [5.41, 5.74) is 1.87. The van der Waals surface area contributed by atoms with Gasteiger partial charge in [0.2, 0.25) is 10.0 Å². The first-order valence-corrected chi connectivity index (χ1v) is 8.81. The van der Waals surface area contributed by atoms with E-state index in [0.29, 0.717) is 11.3 Å². The summed E-state index contributed by atoms with van der Waals surface area (Å²) in [6, 6.07) is 10.1. The molecule has 0 aliphatic heterocycles. The van der Waals surface area contributed by atoms with Crippen LogP contribution in [0.4, 0.5) is 4.39 Å². The van der Waals surface area contributed by atoms with Crippen molar-refractivity contribution < 1.29 is 17.2 Å². The number of aromatic nitrogens is 1. The number of benzene rings is 2. The molecule has 0 bridgehead atoms. The highest BCUT2D eigenvalue weighted by molar-refractivity contribution is 7.89. The number of oxazole rings is 1. The predicted octanol–water partition coefficient (Wildman–Crippen LogP) is 2.06. The molecule has 0 fully saturated rings. The largest absolute Gasteiger partial charge is 0.424 e. The van der Waals surface area contributed by atoms with Gasteiger partial charge in [-0.1, -0.05) is 12.1 Å². The van der Waals surface area contributed by atoms with Gasteiger partial charge in [-0.3, -0.25) is 0 Å². The molecule has 9 heteroatoms. The zero-order valence-electron chi connectivity index (χ0n) is 13.4. The molecular formula is C17H12FN3O4S. The number of nitrogens with two attached hydrogens (primary N) is 1. The summed E-state index contributed by atoms with van der Waals surface area (Å²) in [7, 11) is -4.21. The quantitative estimate of drug-likeness (QED) is 0.754. The number of primary sulfonamides is 1. The van der Waals surface area contributed by atoms with Gasteiger partial charge in [-0.15, -0.1) is 0 Å². The number of nitrogens with zero attached hydrogens (tertiary/aromatic N) is 2. The SMILES string of the molecule is Cc1ccc(-n2c(-c3ccc(S(N)(=O)=O)c(F)c3)coc2=O)cc1C#N. The molecule has 2 N–H and O–H groups in total. The van der Waals surface area contributed by atoms with Crippen LogP contribution in [0.1, 0.15) is 11.1 Å². The minimum Gasteiger partial charge on any atom is -0.415 e. The predicted molar refractivity (Wildman–Crippen MR) is 90.5 cm³/mol. The Morgan fingerprint density at radius 3 is 2.58 bits per heavy atom. The normalized spacial score (nSPS) is 11.3. The number of rotatable bonds is 3. The van der Waals surface area contributed by atoms with E-state index in [2.05, 4.69) is 0 Å². The van der Waals surface area contributed by atoms with Crippen LogP contribution in [-0.2, 0) is 10.0 Å². The van der Waals surface area contributed by atoms with E-state index in [-0.39, 0.29) is 11.3 Å². The molecule has 0 aliphatic carbocycles. The van der Waals surface area contributed by atoms with Crippen LogP contribution in [0.3, 0.4) is 0 Å².